The zero-order valence-corrected chi connectivity index (χ0v) is 11.0. The summed E-state index contributed by atoms with van der Waals surface area (Å²) in [4.78, 5) is 2.23. The van der Waals surface area contributed by atoms with E-state index in [0.717, 1.165) is 43.6 Å². The van der Waals surface area contributed by atoms with Crippen molar-refractivity contribution in [2.45, 2.75) is 31.6 Å². The highest BCUT2D eigenvalue weighted by molar-refractivity contribution is 5.24. The third kappa shape index (κ3) is 3.94. The first-order chi connectivity index (χ1) is 8.97. The summed E-state index contributed by atoms with van der Waals surface area (Å²) >= 11 is 0. The molecule has 106 valence electrons. The van der Waals surface area contributed by atoms with Crippen LogP contribution in [0.2, 0.25) is 0 Å². The third-order valence-corrected chi connectivity index (χ3v) is 3.65. The van der Waals surface area contributed by atoms with Gasteiger partial charge in [-0.1, -0.05) is 12.1 Å². The zero-order chi connectivity index (χ0) is 13.9. The van der Waals surface area contributed by atoms with Crippen LogP contribution in [0.5, 0.6) is 0 Å². The molecule has 1 aromatic rings. The predicted molar refractivity (Wildman–Crippen MR) is 68.8 cm³/mol. The van der Waals surface area contributed by atoms with Crippen molar-refractivity contribution in [2.24, 2.45) is 0 Å². The fraction of sp³-hybridized carbons (Fsp3) is 0.571. The van der Waals surface area contributed by atoms with Gasteiger partial charge in [0.05, 0.1) is 5.56 Å². The van der Waals surface area contributed by atoms with E-state index >= 15 is 0 Å². The highest BCUT2D eigenvalue weighted by atomic mass is 19.4. The Hall–Kier alpha value is -1.07. The van der Waals surface area contributed by atoms with Gasteiger partial charge >= 0.3 is 6.18 Å². The molecule has 1 aliphatic heterocycles. The Labute approximate surface area is 111 Å². The van der Waals surface area contributed by atoms with Gasteiger partial charge in [0.1, 0.15) is 0 Å². The van der Waals surface area contributed by atoms with Crippen LogP contribution in [0.1, 0.15) is 24.0 Å². The molecule has 0 aromatic heterocycles. The van der Waals surface area contributed by atoms with Gasteiger partial charge < -0.3 is 5.32 Å². The van der Waals surface area contributed by atoms with Gasteiger partial charge in [-0.2, -0.15) is 13.2 Å². The molecule has 0 bridgehead atoms. The fourth-order valence-electron chi connectivity index (χ4n) is 2.46. The van der Waals surface area contributed by atoms with Gasteiger partial charge in [0.25, 0.3) is 0 Å². The number of rotatable bonds is 3. The van der Waals surface area contributed by atoms with Gasteiger partial charge in [0.15, 0.2) is 0 Å². The highest BCUT2D eigenvalue weighted by Crippen LogP contribution is 2.29. The summed E-state index contributed by atoms with van der Waals surface area (Å²) in [5.41, 5.74) is 0.342. The maximum atomic E-state index is 12.5. The topological polar surface area (TPSA) is 15.3 Å². The number of benzene rings is 1. The molecule has 1 N–H and O–H groups in total. The largest absolute Gasteiger partial charge is 0.416 e. The molecule has 0 spiro atoms. The summed E-state index contributed by atoms with van der Waals surface area (Å²) in [6.45, 7) is 2.73. The van der Waals surface area contributed by atoms with Crippen LogP contribution in [0.3, 0.4) is 0 Å². The summed E-state index contributed by atoms with van der Waals surface area (Å²) in [7, 11) is 2.04. The van der Waals surface area contributed by atoms with E-state index < -0.39 is 11.7 Å². The maximum Gasteiger partial charge on any atom is 0.416 e. The van der Waals surface area contributed by atoms with Gasteiger partial charge in [-0.25, -0.2) is 0 Å². The monoisotopic (exact) mass is 272 g/mol. The Kier molecular flexibility index (Phi) is 4.47. The van der Waals surface area contributed by atoms with E-state index in [-0.39, 0.29) is 0 Å². The second-order valence-electron chi connectivity index (χ2n) is 5.09. The van der Waals surface area contributed by atoms with Crippen molar-refractivity contribution in [1.82, 2.24) is 10.2 Å². The molecule has 0 atom stereocenters. The minimum absolute atomic E-state index is 0.517. The van der Waals surface area contributed by atoms with Gasteiger partial charge in [0, 0.05) is 12.6 Å². The van der Waals surface area contributed by atoms with Crippen LogP contribution < -0.4 is 5.32 Å². The summed E-state index contributed by atoms with van der Waals surface area (Å²) in [6.07, 6.45) is -2.06. The molecule has 1 fully saturated rings. The van der Waals surface area contributed by atoms with Gasteiger partial charge in [0.2, 0.25) is 0 Å². The molecule has 0 radical (unpaired) electrons. The smallest absolute Gasteiger partial charge is 0.317 e. The molecule has 1 aliphatic rings. The van der Waals surface area contributed by atoms with E-state index in [2.05, 4.69) is 10.2 Å². The summed E-state index contributed by atoms with van der Waals surface area (Å²) in [5, 5.41) is 3.31. The molecule has 0 aliphatic carbocycles. The van der Waals surface area contributed by atoms with Crippen LogP contribution in [0.4, 0.5) is 13.2 Å². The quantitative estimate of drug-likeness (QED) is 0.910. The average molecular weight is 272 g/mol. The number of nitrogens with zero attached hydrogens (tertiary/aromatic N) is 1. The SMILES string of the molecule is CN(Cc1ccc(C(F)(F)F)cc1)C1CCNCC1. The number of alkyl halides is 3. The van der Waals surface area contributed by atoms with Crippen LogP contribution in [0.25, 0.3) is 0 Å². The average Bonchev–Trinajstić information content (AvgIpc) is 2.39. The Bertz CT molecular complexity index is 394. The van der Waals surface area contributed by atoms with E-state index in [1.165, 1.54) is 0 Å². The lowest BCUT2D eigenvalue weighted by molar-refractivity contribution is -0.137. The predicted octanol–water partition coefficient (Wildman–Crippen LogP) is 2.89. The van der Waals surface area contributed by atoms with Crippen molar-refractivity contribution >= 4 is 0 Å². The maximum absolute atomic E-state index is 12.5. The van der Waals surface area contributed by atoms with E-state index in [1.807, 2.05) is 7.05 Å². The van der Waals surface area contributed by atoms with Gasteiger partial charge in [-0.3, -0.25) is 4.90 Å². The third-order valence-electron chi connectivity index (χ3n) is 3.65. The Balaban J connectivity index is 1.95. The first-order valence-electron chi connectivity index (χ1n) is 6.54. The molecule has 1 saturated heterocycles. The van der Waals surface area contributed by atoms with E-state index in [4.69, 9.17) is 0 Å². The minimum atomic E-state index is -4.25. The van der Waals surface area contributed by atoms with Crippen molar-refractivity contribution in [3.05, 3.63) is 35.4 Å². The second kappa shape index (κ2) is 5.92. The number of nitrogens with one attached hydrogen (secondary N) is 1. The minimum Gasteiger partial charge on any atom is -0.317 e. The van der Waals surface area contributed by atoms with Crippen molar-refractivity contribution in [1.29, 1.82) is 0 Å². The normalized spacial score (nSPS) is 17.9. The lowest BCUT2D eigenvalue weighted by Gasteiger charge is -2.31. The molecular weight excluding hydrogens is 253 g/mol. The lowest BCUT2D eigenvalue weighted by atomic mass is 10.0. The van der Waals surface area contributed by atoms with E-state index in [1.54, 1.807) is 12.1 Å². The molecular formula is C14H19F3N2. The lowest BCUT2D eigenvalue weighted by Crippen LogP contribution is -2.40. The first-order valence-corrected chi connectivity index (χ1v) is 6.54. The molecule has 2 rings (SSSR count). The molecule has 5 heteroatoms. The van der Waals surface area contributed by atoms with Crippen LogP contribution in [0, 0.1) is 0 Å². The first kappa shape index (κ1) is 14.3. The molecule has 0 amide bonds. The highest BCUT2D eigenvalue weighted by Gasteiger charge is 2.30. The number of halogens is 3. The number of hydrogen-bond acceptors (Lipinski definition) is 2. The Morgan fingerprint density at radius 3 is 2.26 bits per heavy atom. The molecule has 1 heterocycles. The van der Waals surface area contributed by atoms with E-state index in [0.29, 0.717) is 12.6 Å². The van der Waals surface area contributed by atoms with Crippen molar-refractivity contribution < 1.29 is 13.2 Å². The van der Waals surface area contributed by atoms with Crippen molar-refractivity contribution in [3.8, 4) is 0 Å². The Morgan fingerprint density at radius 2 is 1.74 bits per heavy atom. The molecule has 0 unspecified atom stereocenters. The number of piperidine rings is 1. The van der Waals surface area contributed by atoms with Gasteiger partial charge in [-0.15, -0.1) is 0 Å². The molecule has 19 heavy (non-hydrogen) atoms. The van der Waals surface area contributed by atoms with Crippen molar-refractivity contribution in [3.63, 3.8) is 0 Å². The standard InChI is InChI=1S/C14H19F3N2/c1-19(13-6-8-18-9-7-13)10-11-2-4-12(5-3-11)14(15,16)17/h2-5,13,18H,6-10H2,1H3. The second-order valence-corrected chi connectivity index (χ2v) is 5.09. The van der Waals surface area contributed by atoms with Gasteiger partial charge in [-0.05, 0) is 50.7 Å². The van der Waals surface area contributed by atoms with Crippen LogP contribution in [0.15, 0.2) is 24.3 Å². The molecule has 0 saturated carbocycles. The van der Waals surface area contributed by atoms with Crippen LogP contribution in [-0.2, 0) is 12.7 Å². The van der Waals surface area contributed by atoms with E-state index in [9.17, 15) is 13.2 Å². The molecule has 2 nitrogen and oxygen atoms in total. The Morgan fingerprint density at radius 1 is 1.16 bits per heavy atom. The fourth-order valence-corrected chi connectivity index (χ4v) is 2.46. The van der Waals surface area contributed by atoms with Crippen molar-refractivity contribution in [2.75, 3.05) is 20.1 Å². The zero-order valence-electron chi connectivity index (χ0n) is 11.0. The molecule has 1 aromatic carbocycles. The summed E-state index contributed by atoms with van der Waals surface area (Å²) < 4.78 is 37.4. The summed E-state index contributed by atoms with van der Waals surface area (Å²) in [5.74, 6) is 0. The number of hydrogen-bond donors (Lipinski definition) is 1. The van der Waals surface area contributed by atoms with Crippen LogP contribution in [-0.4, -0.2) is 31.1 Å². The van der Waals surface area contributed by atoms with Crippen LogP contribution >= 0.6 is 0 Å². The summed E-state index contributed by atoms with van der Waals surface area (Å²) in [6, 6.07) is 5.97.